The summed E-state index contributed by atoms with van der Waals surface area (Å²) in [6.07, 6.45) is 0.217. The number of fused-ring (bicyclic) bond motifs is 2. The molecule has 0 radical (unpaired) electrons. The molecule has 2 aromatic carbocycles. The minimum atomic E-state index is -1.16. The second-order valence-electron chi connectivity index (χ2n) is 6.14. The van der Waals surface area contributed by atoms with Gasteiger partial charge < -0.3 is 14.3 Å². The van der Waals surface area contributed by atoms with Crippen LogP contribution in [0.4, 0.5) is 4.79 Å². The van der Waals surface area contributed by atoms with Crippen molar-refractivity contribution in [3.05, 3.63) is 59.1 Å². The average Bonchev–Trinajstić information content (AvgIpc) is 3.31. The Labute approximate surface area is 158 Å². The maximum atomic E-state index is 13.2. The third-order valence-electron chi connectivity index (χ3n) is 4.49. The molecule has 4 aromatic rings. The fraction of sp³-hybridized carbons (Fsp3) is 0.100. The van der Waals surface area contributed by atoms with Gasteiger partial charge in [0.1, 0.15) is 11.3 Å². The molecule has 0 atom stereocenters. The highest BCUT2D eigenvalue weighted by Gasteiger charge is 2.26. The fourth-order valence-electron chi connectivity index (χ4n) is 3.26. The lowest BCUT2D eigenvalue weighted by atomic mass is 10.0. The summed E-state index contributed by atoms with van der Waals surface area (Å²) in [6.45, 7) is 1.74. The summed E-state index contributed by atoms with van der Waals surface area (Å²) in [5.41, 5.74) is 2.34. The lowest BCUT2D eigenvalue weighted by Gasteiger charge is -2.11. The van der Waals surface area contributed by atoms with Gasteiger partial charge in [-0.1, -0.05) is 0 Å². The number of benzene rings is 2. The Morgan fingerprint density at radius 1 is 1.29 bits per heavy atom. The lowest BCUT2D eigenvalue weighted by molar-refractivity contribution is 0.100. The zero-order valence-electron chi connectivity index (χ0n) is 14.9. The van der Waals surface area contributed by atoms with Gasteiger partial charge in [-0.05, 0) is 42.8 Å². The van der Waals surface area contributed by atoms with Crippen LogP contribution in [0.5, 0.6) is 5.75 Å². The van der Waals surface area contributed by atoms with Crippen LogP contribution in [-0.2, 0) is 0 Å². The van der Waals surface area contributed by atoms with Crippen LogP contribution in [0.3, 0.4) is 0 Å². The van der Waals surface area contributed by atoms with Crippen LogP contribution in [0, 0.1) is 18.3 Å². The van der Waals surface area contributed by atoms with E-state index in [-0.39, 0.29) is 17.2 Å². The number of aryl methyl sites for hydroxylation is 1. The lowest BCUT2D eigenvalue weighted by Crippen LogP contribution is -2.09. The molecular formula is C20H13N3O5. The number of oxazole rings is 1. The number of ketones is 1. The van der Waals surface area contributed by atoms with E-state index in [1.807, 2.05) is 6.07 Å². The molecule has 0 aliphatic carbocycles. The molecule has 0 amide bonds. The van der Waals surface area contributed by atoms with E-state index < -0.39 is 11.9 Å². The van der Waals surface area contributed by atoms with Crippen LogP contribution >= 0.6 is 0 Å². The molecule has 1 N–H and O–H groups in total. The Morgan fingerprint density at radius 3 is 2.75 bits per heavy atom. The van der Waals surface area contributed by atoms with Gasteiger partial charge in [0.2, 0.25) is 0 Å². The summed E-state index contributed by atoms with van der Waals surface area (Å²) in [6, 6.07) is 9.82. The highest BCUT2D eigenvalue weighted by molar-refractivity contribution is 6.17. The minimum Gasteiger partial charge on any atom is -0.496 e. The summed E-state index contributed by atoms with van der Waals surface area (Å²) in [4.78, 5) is 28.9. The van der Waals surface area contributed by atoms with E-state index in [4.69, 9.17) is 14.4 Å². The molecule has 0 saturated carbocycles. The van der Waals surface area contributed by atoms with Crippen LogP contribution in [0.25, 0.3) is 22.0 Å². The Hall–Kier alpha value is -4.12. The Bertz CT molecular complexity index is 1320. The Balaban J connectivity index is 1.95. The predicted molar refractivity (Wildman–Crippen MR) is 98.8 cm³/mol. The van der Waals surface area contributed by atoms with Crippen LogP contribution in [-0.4, -0.2) is 33.6 Å². The van der Waals surface area contributed by atoms with Gasteiger partial charge in [-0.3, -0.25) is 9.36 Å². The molecule has 138 valence electrons. The Morgan fingerprint density at radius 2 is 2.07 bits per heavy atom. The number of nitrogens with zero attached hydrogens (tertiary/aromatic N) is 3. The Kier molecular flexibility index (Phi) is 3.86. The van der Waals surface area contributed by atoms with Gasteiger partial charge in [0.05, 0.1) is 29.8 Å². The fourth-order valence-corrected chi connectivity index (χ4v) is 3.26. The van der Waals surface area contributed by atoms with Crippen molar-refractivity contribution < 1.29 is 23.8 Å². The summed E-state index contributed by atoms with van der Waals surface area (Å²) >= 11 is 0. The summed E-state index contributed by atoms with van der Waals surface area (Å²) in [5.74, 6) is -0.422. The maximum Gasteiger partial charge on any atom is 0.416 e. The van der Waals surface area contributed by atoms with E-state index in [0.29, 0.717) is 33.1 Å². The summed E-state index contributed by atoms with van der Waals surface area (Å²) < 4.78 is 12.0. The first-order valence-corrected chi connectivity index (χ1v) is 8.22. The minimum absolute atomic E-state index is 0.162. The number of hydrogen-bond donors (Lipinski definition) is 1. The zero-order chi connectivity index (χ0) is 20.0. The first kappa shape index (κ1) is 17.3. The van der Waals surface area contributed by atoms with Crippen molar-refractivity contribution in [1.82, 2.24) is 9.55 Å². The van der Waals surface area contributed by atoms with Crippen LogP contribution in [0.1, 0.15) is 27.4 Å². The van der Waals surface area contributed by atoms with Gasteiger partial charge in [0.15, 0.2) is 5.58 Å². The molecule has 4 rings (SSSR count). The molecule has 0 aliphatic heterocycles. The first-order chi connectivity index (χ1) is 13.4. The SMILES string of the molecule is COc1cc(C)c2c(ccn2C(=O)O)c1C(=O)c1nc2cc(C#N)ccc2o1. The number of carboxylic acid groups (broad SMARTS) is 1. The van der Waals surface area contributed by atoms with Crippen LogP contribution in [0.2, 0.25) is 0 Å². The van der Waals surface area contributed by atoms with Crippen molar-refractivity contribution in [2.75, 3.05) is 7.11 Å². The molecule has 28 heavy (non-hydrogen) atoms. The summed E-state index contributed by atoms with van der Waals surface area (Å²) in [7, 11) is 1.43. The van der Waals surface area contributed by atoms with Crippen LogP contribution < -0.4 is 4.74 Å². The predicted octanol–water partition coefficient (Wildman–Crippen LogP) is 3.73. The molecule has 0 fully saturated rings. The number of rotatable bonds is 3. The highest BCUT2D eigenvalue weighted by atomic mass is 16.5. The molecule has 0 aliphatic rings. The van der Waals surface area contributed by atoms with Gasteiger partial charge in [0.25, 0.3) is 11.7 Å². The van der Waals surface area contributed by atoms with Gasteiger partial charge in [-0.2, -0.15) is 5.26 Å². The molecule has 0 unspecified atom stereocenters. The monoisotopic (exact) mass is 375 g/mol. The van der Waals surface area contributed by atoms with Gasteiger partial charge >= 0.3 is 6.09 Å². The second kappa shape index (κ2) is 6.25. The summed E-state index contributed by atoms with van der Waals surface area (Å²) in [5, 5.41) is 18.8. The molecule has 2 aromatic heterocycles. The smallest absolute Gasteiger partial charge is 0.416 e. The van der Waals surface area contributed by atoms with Crippen LogP contribution in [0.15, 0.2) is 40.9 Å². The third-order valence-corrected chi connectivity index (χ3v) is 4.49. The number of nitriles is 1. The van der Waals surface area contributed by atoms with E-state index in [1.54, 1.807) is 31.2 Å². The van der Waals surface area contributed by atoms with Gasteiger partial charge in [-0.25, -0.2) is 9.78 Å². The average molecular weight is 375 g/mol. The third kappa shape index (κ3) is 2.49. The standard InChI is InChI=1S/C20H13N3O5/c1-10-7-15(27-2)16(12-5-6-23(17(10)12)20(25)26)18(24)19-22-13-8-11(9-21)3-4-14(13)28-19/h3-8H,1-2H3,(H,25,26). The molecule has 0 spiro atoms. The number of aromatic nitrogens is 2. The number of methoxy groups -OCH3 is 1. The molecule has 0 bridgehead atoms. The van der Waals surface area contributed by atoms with Crippen molar-refractivity contribution in [2.45, 2.75) is 6.92 Å². The van der Waals surface area contributed by atoms with Gasteiger partial charge in [-0.15, -0.1) is 0 Å². The number of carbonyl (C=O) groups excluding carboxylic acids is 1. The van der Waals surface area contributed by atoms with Crippen molar-refractivity contribution in [2.24, 2.45) is 0 Å². The van der Waals surface area contributed by atoms with Crippen molar-refractivity contribution >= 4 is 33.9 Å². The number of ether oxygens (including phenoxy) is 1. The second-order valence-corrected chi connectivity index (χ2v) is 6.14. The zero-order valence-corrected chi connectivity index (χ0v) is 14.9. The number of carbonyl (C=O) groups is 2. The van der Waals surface area contributed by atoms with E-state index in [9.17, 15) is 14.7 Å². The van der Waals surface area contributed by atoms with E-state index in [0.717, 1.165) is 4.57 Å². The highest BCUT2D eigenvalue weighted by Crippen LogP contribution is 2.34. The van der Waals surface area contributed by atoms with E-state index >= 15 is 0 Å². The first-order valence-electron chi connectivity index (χ1n) is 8.22. The van der Waals surface area contributed by atoms with Crippen molar-refractivity contribution in [3.8, 4) is 11.8 Å². The quantitative estimate of drug-likeness (QED) is 0.542. The normalized spacial score (nSPS) is 10.9. The van der Waals surface area contributed by atoms with Crippen molar-refractivity contribution in [1.29, 1.82) is 5.26 Å². The van der Waals surface area contributed by atoms with E-state index in [1.165, 1.54) is 19.4 Å². The van der Waals surface area contributed by atoms with Gasteiger partial charge in [0, 0.05) is 11.6 Å². The molecular weight excluding hydrogens is 362 g/mol. The number of hydrogen-bond acceptors (Lipinski definition) is 6. The maximum absolute atomic E-state index is 13.2. The molecule has 8 heteroatoms. The van der Waals surface area contributed by atoms with Crippen molar-refractivity contribution in [3.63, 3.8) is 0 Å². The topological polar surface area (TPSA) is 118 Å². The largest absolute Gasteiger partial charge is 0.496 e. The van der Waals surface area contributed by atoms with E-state index in [2.05, 4.69) is 4.98 Å². The molecule has 2 heterocycles. The molecule has 0 saturated heterocycles. The molecule has 8 nitrogen and oxygen atoms in total.